The van der Waals surface area contributed by atoms with Crippen LogP contribution in [-0.2, 0) is 17.8 Å². The Morgan fingerprint density at radius 3 is 2.68 bits per heavy atom. The highest BCUT2D eigenvalue weighted by molar-refractivity contribution is 5.80. The van der Waals surface area contributed by atoms with E-state index in [1.54, 1.807) is 6.20 Å². The number of carbonyl (C=O) groups excluding carboxylic acids is 1. The lowest BCUT2D eigenvalue weighted by Gasteiger charge is -2.24. The molecule has 0 bridgehead atoms. The summed E-state index contributed by atoms with van der Waals surface area (Å²) in [6.45, 7) is 7.98. The van der Waals surface area contributed by atoms with Crippen LogP contribution in [0.3, 0.4) is 0 Å². The zero-order chi connectivity index (χ0) is 21.6. The van der Waals surface area contributed by atoms with Gasteiger partial charge < -0.3 is 4.90 Å². The third kappa shape index (κ3) is 5.17. The van der Waals surface area contributed by atoms with Crippen molar-refractivity contribution in [3.8, 4) is 11.1 Å². The van der Waals surface area contributed by atoms with Crippen LogP contribution in [0.15, 0.2) is 67.0 Å². The quantitative estimate of drug-likeness (QED) is 0.612. The van der Waals surface area contributed by atoms with E-state index in [2.05, 4.69) is 64.3 Å². The maximum atomic E-state index is 13.4. The summed E-state index contributed by atoms with van der Waals surface area (Å²) in [5, 5.41) is 0. The van der Waals surface area contributed by atoms with Crippen molar-refractivity contribution in [2.75, 3.05) is 26.2 Å². The lowest BCUT2D eigenvalue weighted by atomic mass is 9.91. The Morgan fingerprint density at radius 1 is 1.03 bits per heavy atom. The molecule has 5 nitrogen and oxygen atoms in total. The van der Waals surface area contributed by atoms with Gasteiger partial charge in [0.1, 0.15) is 0 Å². The molecule has 0 radical (unpaired) electrons. The second-order valence-corrected chi connectivity index (χ2v) is 8.22. The predicted octanol–water partition coefficient (Wildman–Crippen LogP) is 3.98. The summed E-state index contributed by atoms with van der Waals surface area (Å²) < 4.78 is 0. The van der Waals surface area contributed by atoms with Crippen molar-refractivity contribution in [2.24, 2.45) is 5.92 Å². The number of hydrogen-bond donors (Lipinski definition) is 0. The summed E-state index contributed by atoms with van der Waals surface area (Å²) in [4.78, 5) is 26.7. The zero-order valence-electron chi connectivity index (χ0n) is 18.4. The minimum atomic E-state index is -0.0786. The van der Waals surface area contributed by atoms with Gasteiger partial charge in [-0.05, 0) is 49.6 Å². The van der Waals surface area contributed by atoms with Crippen LogP contribution in [0.5, 0.6) is 0 Å². The molecule has 3 aromatic rings. The van der Waals surface area contributed by atoms with Crippen molar-refractivity contribution in [1.82, 2.24) is 19.8 Å². The number of likely N-dealkylation sites (N-methyl/N-ethyl adjacent to an activating group) is 1. The van der Waals surface area contributed by atoms with Crippen LogP contribution < -0.4 is 0 Å². The van der Waals surface area contributed by atoms with Crippen LogP contribution in [0.25, 0.3) is 11.1 Å². The van der Waals surface area contributed by atoms with Crippen molar-refractivity contribution >= 4 is 5.91 Å². The van der Waals surface area contributed by atoms with Crippen molar-refractivity contribution < 1.29 is 4.79 Å². The van der Waals surface area contributed by atoms with Gasteiger partial charge in [-0.1, -0.05) is 36.4 Å². The molecule has 3 heterocycles. The van der Waals surface area contributed by atoms with E-state index < -0.39 is 0 Å². The Balaban J connectivity index is 1.59. The van der Waals surface area contributed by atoms with Gasteiger partial charge in [0.25, 0.3) is 0 Å². The Hall–Kier alpha value is -3.05. The van der Waals surface area contributed by atoms with E-state index in [4.69, 9.17) is 0 Å². The first-order valence-corrected chi connectivity index (χ1v) is 11.1. The first-order valence-electron chi connectivity index (χ1n) is 11.1. The normalized spacial score (nSPS) is 17.5. The van der Waals surface area contributed by atoms with Gasteiger partial charge in [-0.25, -0.2) is 0 Å². The van der Waals surface area contributed by atoms with Gasteiger partial charge in [-0.2, -0.15) is 0 Å². The van der Waals surface area contributed by atoms with E-state index in [0.29, 0.717) is 0 Å². The summed E-state index contributed by atoms with van der Waals surface area (Å²) in [6, 6.07) is 18.6. The Bertz CT molecular complexity index is 1020. The largest absolute Gasteiger partial charge is 0.341 e. The SMILES string of the molecule is CCN1CCN(Cc2cccc(C)n2)C[C@H](Cc2ccccc2-c2cccnc2)C1=O. The number of carbonyl (C=O) groups is 1. The molecule has 0 unspecified atom stereocenters. The smallest absolute Gasteiger partial charge is 0.227 e. The fraction of sp³-hybridized carbons (Fsp3) is 0.346. The number of benzene rings is 1. The molecular weight excluding hydrogens is 384 g/mol. The zero-order valence-corrected chi connectivity index (χ0v) is 18.4. The van der Waals surface area contributed by atoms with E-state index in [1.165, 1.54) is 5.56 Å². The average Bonchev–Trinajstić information content (AvgIpc) is 2.93. The Labute approximate surface area is 184 Å². The van der Waals surface area contributed by atoms with Crippen LogP contribution in [0.2, 0.25) is 0 Å². The molecule has 4 rings (SSSR count). The van der Waals surface area contributed by atoms with E-state index >= 15 is 0 Å². The van der Waals surface area contributed by atoms with Gasteiger partial charge in [0, 0.05) is 56.4 Å². The summed E-state index contributed by atoms with van der Waals surface area (Å²) in [5.41, 5.74) is 5.53. The number of amides is 1. The molecule has 0 aliphatic carbocycles. The van der Waals surface area contributed by atoms with Gasteiger partial charge >= 0.3 is 0 Å². The summed E-state index contributed by atoms with van der Waals surface area (Å²) in [5.74, 6) is 0.174. The molecule has 0 N–H and O–H groups in total. The third-order valence-corrected chi connectivity index (χ3v) is 6.00. The fourth-order valence-electron chi connectivity index (χ4n) is 4.41. The summed E-state index contributed by atoms with van der Waals surface area (Å²) >= 11 is 0. The van der Waals surface area contributed by atoms with Crippen molar-refractivity contribution in [2.45, 2.75) is 26.8 Å². The van der Waals surface area contributed by atoms with Gasteiger partial charge in [0.05, 0.1) is 11.6 Å². The molecular formula is C26H30N4O. The van der Waals surface area contributed by atoms with E-state index in [0.717, 1.165) is 61.7 Å². The molecule has 0 spiro atoms. The minimum absolute atomic E-state index is 0.0786. The van der Waals surface area contributed by atoms with Crippen molar-refractivity contribution in [3.05, 3.63) is 83.9 Å². The highest BCUT2D eigenvalue weighted by Gasteiger charge is 2.30. The molecule has 0 saturated carbocycles. The standard InChI is InChI=1S/C26H30N4O/c1-3-30-15-14-29(19-24-11-6-8-20(2)28-24)18-23(26(30)31)16-21-9-4-5-12-25(21)22-10-7-13-27-17-22/h4-13,17,23H,3,14-16,18-19H2,1-2H3/t23-/m0/s1. The monoisotopic (exact) mass is 414 g/mol. The Morgan fingerprint density at radius 2 is 1.90 bits per heavy atom. The van der Waals surface area contributed by atoms with Crippen LogP contribution >= 0.6 is 0 Å². The molecule has 2 aromatic heterocycles. The number of aromatic nitrogens is 2. The topological polar surface area (TPSA) is 49.3 Å². The number of hydrogen-bond acceptors (Lipinski definition) is 4. The first kappa shape index (κ1) is 21.2. The molecule has 1 atom stereocenters. The van der Waals surface area contributed by atoms with Gasteiger partial charge in [-0.15, -0.1) is 0 Å². The molecule has 1 fully saturated rings. The fourth-order valence-corrected chi connectivity index (χ4v) is 4.41. The highest BCUT2D eigenvalue weighted by atomic mass is 16.2. The number of rotatable bonds is 6. The Kier molecular flexibility index (Phi) is 6.73. The third-order valence-electron chi connectivity index (χ3n) is 6.00. The van der Waals surface area contributed by atoms with E-state index in [9.17, 15) is 4.79 Å². The van der Waals surface area contributed by atoms with Crippen molar-refractivity contribution in [1.29, 1.82) is 0 Å². The predicted molar refractivity (Wildman–Crippen MR) is 123 cm³/mol. The number of aryl methyl sites for hydroxylation is 1. The molecule has 5 heteroatoms. The van der Waals surface area contributed by atoms with E-state index in [1.807, 2.05) is 30.2 Å². The molecule has 1 amide bonds. The van der Waals surface area contributed by atoms with Crippen molar-refractivity contribution in [3.63, 3.8) is 0 Å². The van der Waals surface area contributed by atoms with Crippen LogP contribution in [-0.4, -0.2) is 51.9 Å². The average molecular weight is 415 g/mol. The van der Waals surface area contributed by atoms with Gasteiger partial charge in [-0.3, -0.25) is 19.7 Å². The van der Waals surface area contributed by atoms with E-state index in [-0.39, 0.29) is 11.8 Å². The molecule has 31 heavy (non-hydrogen) atoms. The molecule has 1 aromatic carbocycles. The number of nitrogens with zero attached hydrogens (tertiary/aromatic N) is 4. The summed E-state index contributed by atoms with van der Waals surface area (Å²) in [6.07, 6.45) is 4.40. The lowest BCUT2D eigenvalue weighted by molar-refractivity contribution is -0.134. The maximum Gasteiger partial charge on any atom is 0.227 e. The second kappa shape index (κ2) is 9.84. The molecule has 1 aliphatic heterocycles. The van der Waals surface area contributed by atoms with Crippen LogP contribution in [0.4, 0.5) is 0 Å². The van der Waals surface area contributed by atoms with Gasteiger partial charge in [0.2, 0.25) is 5.91 Å². The van der Waals surface area contributed by atoms with Crippen LogP contribution in [0, 0.1) is 12.8 Å². The maximum absolute atomic E-state index is 13.4. The first-order chi connectivity index (χ1) is 15.1. The van der Waals surface area contributed by atoms with Crippen LogP contribution in [0.1, 0.15) is 23.9 Å². The molecule has 1 aliphatic rings. The van der Waals surface area contributed by atoms with Gasteiger partial charge in [0.15, 0.2) is 0 Å². The molecule has 160 valence electrons. The lowest BCUT2D eigenvalue weighted by Crippen LogP contribution is -2.37. The summed E-state index contributed by atoms with van der Waals surface area (Å²) in [7, 11) is 0. The second-order valence-electron chi connectivity index (χ2n) is 8.22. The molecule has 1 saturated heterocycles. The minimum Gasteiger partial charge on any atom is -0.341 e. The highest BCUT2D eigenvalue weighted by Crippen LogP contribution is 2.27. The number of pyridine rings is 2.